The number of carbonyl (C=O) groups is 3. The minimum atomic E-state index is -0.813. The van der Waals surface area contributed by atoms with Crippen LogP contribution in [-0.2, 0) is 14.4 Å². The molecule has 0 aromatic heterocycles. The van der Waals surface area contributed by atoms with Crippen molar-refractivity contribution < 1.29 is 19.5 Å². The number of carboxylic acid groups (broad SMARTS) is 1. The summed E-state index contributed by atoms with van der Waals surface area (Å²) in [5.74, 6) is -0.672. The largest absolute Gasteiger partial charge is 0.481 e. The van der Waals surface area contributed by atoms with Crippen LogP contribution in [0.15, 0.2) is 0 Å². The minimum Gasteiger partial charge on any atom is -0.481 e. The van der Waals surface area contributed by atoms with Gasteiger partial charge < -0.3 is 16.2 Å². The first-order valence-corrected chi connectivity index (χ1v) is 8.48. The lowest BCUT2D eigenvalue weighted by atomic mass is 9.80. The normalized spacial score (nSPS) is 17.7. The van der Waals surface area contributed by atoms with Gasteiger partial charge in [-0.15, -0.1) is 0 Å². The highest BCUT2D eigenvalue weighted by Crippen LogP contribution is 2.34. The van der Waals surface area contributed by atoms with Gasteiger partial charge in [0.25, 0.3) is 0 Å². The fourth-order valence-electron chi connectivity index (χ4n) is 2.57. The fourth-order valence-corrected chi connectivity index (χ4v) is 3.24. The van der Waals surface area contributed by atoms with Crippen molar-refractivity contribution in [3.05, 3.63) is 0 Å². The molecule has 0 aromatic rings. The van der Waals surface area contributed by atoms with Crippen LogP contribution in [0.3, 0.4) is 0 Å². The highest BCUT2D eigenvalue weighted by molar-refractivity contribution is 7.99. The Hall–Kier alpha value is -1.24. The molecule has 0 bridgehead atoms. The maximum absolute atomic E-state index is 11.7. The molecule has 0 heterocycles. The van der Waals surface area contributed by atoms with E-state index >= 15 is 0 Å². The van der Waals surface area contributed by atoms with Gasteiger partial charge in [-0.25, -0.2) is 0 Å². The molecule has 0 spiro atoms. The quantitative estimate of drug-likeness (QED) is 0.459. The first kappa shape index (κ1) is 17.8. The molecule has 7 heteroatoms. The zero-order chi connectivity index (χ0) is 15.7. The smallest absolute Gasteiger partial charge is 0.311 e. The van der Waals surface area contributed by atoms with Crippen LogP contribution >= 0.6 is 11.8 Å². The maximum Gasteiger partial charge on any atom is 0.311 e. The molecule has 2 amide bonds. The van der Waals surface area contributed by atoms with Gasteiger partial charge in [0, 0.05) is 18.7 Å². The van der Waals surface area contributed by atoms with Gasteiger partial charge in [-0.3, -0.25) is 14.4 Å². The average Bonchev–Trinajstić information content (AvgIpc) is 2.67. The van der Waals surface area contributed by atoms with Crippen molar-refractivity contribution in [2.75, 3.05) is 18.1 Å². The van der Waals surface area contributed by atoms with Crippen molar-refractivity contribution in [2.24, 2.45) is 11.1 Å². The molecule has 6 nitrogen and oxygen atoms in total. The van der Waals surface area contributed by atoms with E-state index in [9.17, 15) is 19.5 Å². The van der Waals surface area contributed by atoms with Gasteiger partial charge >= 0.3 is 5.97 Å². The Labute approximate surface area is 129 Å². The molecule has 1 aliphatic rings. The molecule has 0 saturated heterocycles. The van der Waals surface area contributed by atoms with Gasteiger partial charge in [0.2, 0.25) is 11.8 Å². The van der Waals surface area contributed by atoms with E-state index in [1.807, 2.05) is 0 Å². The van der Waals surface area contributed by atoms with Crippen LogP contribution < -0.4 is 11.1 Å². The predicted molar refractivity (Wildman–Crippen MR) is 81.9 cm³/mol. The van der Waals surface area contributed by atoms with Crippen LogP contribution in [0.1, 0.15) is 44.9 Å². The first-order chi connectivity index (χ1) is 9.96. The summed E-state index contributed by atoms with van der Waals surface area (Å²) in [6, 6.07) is 0. The third kappa shape index (κ3) is 6.37. The Balaban J connectivity index is 2.37. The van der Waals surface area contributed by atoms with Gasteiger partial charge in [-0.2, -0.15) is 11.8 Å². The number of hydrogen-bond donors (Lipinski definition) is 3. The van der Waals surface area contributed by atoms with E-state index in [2.05, 4.69) is 5.32 Å². The minimum absolute atomic E-state index is 0.170. The van der Waals surface area contributed by atoms with E-state index < -0.39 is 17.3 Å². The number of amides is 2. The molecule has 0 radical (unpaired) electrons. The molecule has 21 heavy (non-hydrogen) atoms. The summed E-state index contributed by atoms with van der Waals surface area (Å²) >= 11 is 1.31. The second kappa shape index (κ2) is 8.92. The average molecular weight is 316 g/mol. The molecule has 0 aliphatic heterocycles. The summed E-state index contributed by atoms with van der Waals surface area (Å²) in [6.07, 6.45) is 5.44. The lowest BCUT2D eigenvalue weighted by Gasteiger charge is -2.28. The number of hydrogen-bond acceptors (Lipinski definition) is 4. The highest BCUT2D eigenvalue weighted by Gasteiger charge is 2.38. The number of nitrogens with one attached hydrogen (secondary N) is 1. The first-order valence-electron chi connectivity index (χ1n) is 7.32. The zero-order valence-electron chi connectivity index (χ0n) is 12.2. The standard InChI is InChI=1S/C14H24N2O4S/c15-11(17)9-21-8-5-12(18)16-10-14(13(19)20)6-3-1-2-4-7-14/h1-10H2,(H2,15,17)(H,16,18)(H,19,20). The lowest BCUT2D eigenvalue weighted by Crippen LogP contribution is -2.43. The maximum atomic E-state index is 11.7. The predicted octanol–water partition coefficient (Wildman–Crippen LogP) is 1.14. The number of nitrogens with two attached hydrogens (primary N) is 1. The summed E-state index contributed by atoms with van der Waals surface area (Å²) in [4.78, 5) is 33.9. The molecule has 1 fully saturated rings. The Morgan fingerprint density at radius 3 is 2.29 bits per heavy atom. The van der Waals surface area contributed by atoms with E-state index in [1.54, 1.807) is 0 Å². The second-order valence-corrected chi connectivity index (χ2v) is 6.65. The summed E-state index contributed by atoms with van der Waals surface area (Å²) in [7, 11) is 0. The lowest BCUT2D eigenvalue weighted by molar-refractivity contribution is -0.149. The highest BCUT2D eigenvalue weighted by atomic mass is 32.2. The van der Waals surface area contributed by atoms with Gasteiger partial charge in [0.1, 0.15) is 0 Å². The zero-order valence-corrected chi connectivity index (χ0v) is 13.0. The van der Waals surface area contributed by atoms with Crippen LogP contribution in [0.5, 0.6) is 0 Å². The summed E-state index contributed by atoms with van der Waals surface area (Å²) in [6.45, 7) is 0.196. The van der Waals surface area contributed by atoms with Crippen molar-refractivity contribution >= 4 is 29.5 Å². The molecule has 0 atom stereocenters. The molecule has 4 N–H and O–H groups in total. The van der Waals surface area contributed by atoms with Crippen molar-refractivity contribution in [3.63, 3.8) is 0 Å². The SMILES string of the molecule is NC(=O)CSCCC(=O)NCC1(C(=O)O)CCCCCC1. The number of thioether (sulfide) groups is 1. The Bertz CT molecular complexity index is 379. The van der Waals surface area contributed by atoms with E-state index in [0.717, 1.165) is 25.7 Å². The van der Waals surface area contributed by atoms with Crippen LogP contribution in [0.2, 0.25) is 0 Å². The van der Waals surface area contributed by atoms with Crippen molar-refractivity contribution in [1.29, 1.82) is 0 Å². The van der Waals surface area contributed by atoms with Gasteiger partial charge in [0.15, 0.2) is 0 Å². The monoisotopic (exact) mass is 316 g/mol. The van der Waals surface area contributed by atoms with E-state index in [1.165, 1.54) is 11.8 Å². The fraction of sp³-hybridized carbons (Fsp3) is 0.786. The van der Waals surface area contributed by atoms with Crippen LogP contribution in [0, 0.1) is 5.41 Å². The van der Waals surface area contributed by atoms with Crippen molar-refractivity contribution in [2.45, 2.75) is 44.9 Å². The summed E-state index contributed by atoms with van der Waals surface area (Å²) in [5, 5.41) is 12.2. The van der Waals surface area contributed by atoms with Crippen molar-refractivity contribution in [3.8, 4) is 0 Å². The molecule has 0 unspecified atom stereocenters. The van der Waals surface area contributed by atoms with Crippen LogP contribution in [-0.4, -0.2) is 40.9 Å². The summed E-state index contributed by atoms with van der Waals surface area (Å²) < 4.78 is 0. The molecule has 0 aromatic carbocycles. The second-order valence-electron chi connectivity index (χ2n) is 5.55. The number of primary amides is 1. The third-order valence-electron chi connectivity index (χ3n) is 3.86. The molecule has 1 aliphatic carbocycles. The number of rotatable bonds is 8. The Morgan fingerprint density at radius 2 is 1.76 bits per heavy atom. The van der Waals surface area contributed by atoms with Crippen LogP contribution in [0.4, 0.5) is 0 Å². The Morgan fingerprint density at radius 1 is 1.14 bits per heavy atom. The van der Waals surface area contributed by atoms with Gasteiger partial charge in [-0.05, 0) is 12.8 Å². The van der Waals surface area contributed by atoms with E-state index in [-0.39, 0.29) is 24.6 Å². The van der Waals surface area contributed by atoms with E-state index in [4.69, 9.17) is 5.73 Å². The molecular weight excluding hydrogens is 292 g/mol. The summed E-state index contributed by atoms with van der Waals surface area (Å²) in [5.41, 5.74) is 4.19. The van der Waals surface area contributed by atoms with Crippen molar-refractivity contribution in [1.82, 2.24) is 5.32 Å². The third-order valence-corrected chi connectivity index (χ3v) is 4.84. The molecular formula is C14H24N2O4S. The topological polar surface area (TPSA) is 109 Å². The molecule has 120 valence electrons. The number of carboxylic acids is 1. The van der Waals surface area contributed by atoms with Crippen LogP contribution in [0.25, 0.3) is 0 Å². The molecule has 1 saturated carbocycles. The number of aliphatic carboxylic acids is 1. The Kier molecular flexibility index (Phi) is 7.56. The number of carbonyl (C=O) groups excluding carboxylic acids is 2. The van der Waals surface area contributed by atoms with E-state index in [0.29, 0.717) is 18.6 Å². The van der Waals surface area contributed by atoms with Gasteiger partial charge in [0.05, 0.1) is 11.2 Å². The molecule has 1 rings (SSSR count). The van der Waals surface area contributed by atoms with Gasteiger partial charge in [-0.1, -0.05) is 25.7 Å².